The number of piperidine rings is 1. The van der Waals surface area contributed by atoms with E-state index in [2.05, 4.69) is 52.7 Å². The molecule has 6 nitrogen and oxygen atoms in total. The van der Waals surface area contributed by atoms with Gasteiger partial charge >= 0.3 is 0 Å². The number of imidazole rings is 1. The Balaban J connectivity index is 1.45. The molecule has 1 spiro atoms. The summed E-state index contributed by atoms with van der Waals surface area (Å²) in [6.45, 7) is 10.5. The van der Waals surface area contributed by atoms with Crippen molar-refractivity contribution in [3.8, 4) is 0 Å². The number of carbonyl (C=O) groups is 1. The van der Waals surface area contributed by atoms with E-state index >= 15 is 0 Å². The van der Waals surface area contributed by atoms with E-state index in [4.69, 9.17) is 4.74 Å². The Bertz CT molecular complexity index is 820. The molecule has 1 amide bonds. The van der Waals surface area contributed by atoms with Gasteiger partial charge in [-0.2, -0.15) is 0 Å². The Morgan fingerprint density at radius 3 is 2.86 bits per heavy atom. The number of thiophene rings is 1. The quantitative estimate of drug-likeness (QED) is 0.835. The first-order chi connectivity index (χ1) is 13.4. The van der Waals surface area contributed by atoms with Gasteiger partial charge in [0.2, 0.25) is 0 Å². The van der Waals surface area contributed by atoms with Crippen LogP contribution in [0.5, 0.6) is 0 Å². The lowest BCUT2D eigenvalue weighted by molar-refractivity contribution is -0.173. The highest BCUT2D eigenvalue weighted by atomic mass is 32.1. The van der Waals surface area contributed by atoms with Crippen molar-refractivity contribution in [1.82, 2.24) is 19.8 Å². The van der Waals surface area contributed by atoms with Gasteiger partial charge in [-0.05, 0) is 37.8 Å². The molecule has 0 unspecified atom stereocenters. The molecule has 2 aliphatic rings. The van der Waals surface area contributed by atoms with Gasteiger partial charge in [-0.25, -0.2) is 4.98 Å². The molecule has 1 saturated heterocycles. The molecule has 7 heteroatoms. The van der Waals surface area contributed by atoms with E-state index in [1.165, 1.54) is 9.75 Å². The fourth-order valence-corrected chi connectivity index (χ4v) is 5.09. The average Bonchev–Trinajstić information content (AvgIpc) is 3.31. The minimum absolute atomic E-state index is 0.0103. The van der Waals surface area contributed by atoms with Crippen LogP contribution in [0.15, 0.2) is 24.5 Å². The van der Waals surface area contributed by atoms with Gasteiger partial charge < -0.3 is 14.6 Å². The Hall–Kier alpha value is -1.70. The molecule has 1 atom stereocenters. The van der Waals surface area contributed by atoms with Crippen LogP contribution in [0.1, 0.15) is 42.3 Å². The van der Waals surface area contributed by atoms with Crippen molar-refractivity contribution in [3.63, 3.8) is 0 Å². The highest BCUT2D eigenvalue weighted by Gasteiger charge is 2.47. The van der Waals surface area contributed by atoms with E-state index < -0.39 is 11.7 Å². The van der Waals surface area contributed by atoms with E-state index in [1.54, 1.807) is 0 Å². The summed E-state index contributed by atoms with van der Waals surface area (Å²) in [6, 6.07) is 4.41. The zero-order valence-corrected chi connectivity index (χ0v) is 17.8. The maximum absolute atomic E-state index is 12.7. The summed E-state index contributed by atoms with van der Waals surface area (Å²) >= 11 is 1.87. The van der Waals surface area contributed by atoms with Crippen molar-refractivity contribution in [2.75, 3.05) is 19.6 Å². The predicted molar refractivity (Wildman–Crippen MR) is 110 cm³/mol. The molecule has 152 valence electrons. The normalized spacial score (nSPS) is 21.8. The zero-order chi connectivity index (χ0) is 19.7. The molecule has 2 aliphatic heterocycles. The van der Waals surface area contributed by atoms with Crippen LogP contribution in [0.2, 0.25) is 0 Å². The third-order valence-electron chi connectivity index (χ3n) is 5.67. The Kier molecular flexibility index (Phi) is 5.58. The Labute approximate surface area is 170 Å². The number of nitrogens with zero attached hydrogens (tertiary/aromatic N) is 3. The first kappa shape index (κ1) is 19.6. The van der Waals surface area contributed by atoms with Gasteiger partial charge in [0.1, 0.15) is 11.4 Å². The maximum atomic E-state index is 12.7. The summed E-state index contributed by atoms with van der Waals surface area (Å²) in [4.78, 5) is 22.5. The molecule has 4 heterocycles. The van der Waals surface area contributed by atoms with E-state index in [9.17, 15) is 4.79 Å². The molecule has 28 heavy (non-hydrogen) atoms. The summed E-state index contributed by atoms with van der Waals surface area (Å²) in [5, 5.41) is 3.03. The topological polar surface area (TPSA) is 59.4 Å². The monoisotopic (exact) mass is 402 g/mol. The summed E-state index contributed by atoms with van der Waals surface area (Å²) in [5.74, 6) is 1.39. The first-order valence-corrected chi connectivity index (χ1v) is 11.0. The molecule has 0 bridgehead atoms. The molecule has 1 N–H and O–H groups in total. The number of likely N-dealkylation sites (tertiary alicyclic amines) is 1. The number of carbonyl (C=O) groups excluding carboxylic acids is 1. The summed E-state index contributed by atoms with van der Waals surface area (Å²) < 4.78 is 8.59. The molecule has 0 saturated carbocycles. The van der Waals surface area contributed by atoms with Gasteiger partial charge in [0.25, 0.3) is 5.91 Å². The molecule has 0 aromatic carbocycles. The van der Waals surface area contributed by atoms with E-state index in [1.807, 2.05) is 23.7 Å². The average molecular weight is 403 g/mol. The van der Waals surface area contributed by atoms with Crippen LogP contribution in [0.4, 0.5) is 0 Å². The molecule has 0 radical (unpaired) electrons. The number of aryl methyl sites for hydroxylation is 1. The molecule has 2 aromatic rings. The third kappa shape index (κ3) is 4.02. The highest BCUT2D eigenvalue weighted by molar-refractivity contribution is 7.11. The largest absolute Gasteiger partial charge is 0.354 e. The highest BCUT2D eigenvalue weighted by Crippen LogP contribution is 2.40. The lowest BCUT2D eigenvalue weighted by atomic mass is 9.88. The second kappa shape index (κ2) is 7.97. The number of ether oxygens (including phenoxy) is 1. The van der Waals surface area contributed by atoms with Crippen molar-refractivity contribution in [3.05, 3.63) is 40.1 Å². The van der Waals surface area contributed by atoms with E-state index in [-0.39, 0.29) is 5.91 Å². The lowest BCUT2D eigenvalue weighted by Gasteiger charge is -2.45. The Morgan fingerprint density at radius 2 is 2.18 bits per heavy atom. The van der Waals surface area contributed by atoms with Crippen molar-refractivity contribution in [2.45, 2.75) is 58.4 Å². The summed E-state index contributed by atoms with van der Waals surface area (Å²) in [6.07, 6.45) is 5.08. The Morgan fingerprint density at radius 1 is 1.39 bits per heavy atom. The lowest BCUT2D eigenvalue weighted by Crippen LogP contribution is -2.54. The molecular weight excluding hydrogens is 372 g/mol. The second-order valence-electron chi connectivity index (χ2n) is 8.43. The molecular formula is C21H30N4O2S. The second-order valence-corrected chi connectivity index (χ2v) is 9.80. The number of rotatable bonds is 5. The molecule has 4 rings (SSSR count). The number of aromatic nitrogens is 2. The van der Waals surface area contributed by atoms with Crippen LogP contribution >= 0.6 is 11.3 Å². The smallest absolute Gasteiger partial charge is 0.251 e. The third-order valence-corrected chi connectivity index (χ3v) is 6.65. The number of hydrogen-bond donors (Lipinski definition) is 1. The zero-order valence-electron chi connectivity index (χ0n) is 17.0. The number of nitrogens with one attached hydrogen (secondary N) is 1. The minimum atomic E-state index is -0.455. The van der Waals surface area contributed by atoms with Crippen molar-refractivity contribution >= 4 is 17.2 Å². The van der Waals surface area contributed by atoms with Gasteiger partial charge in [-0.1, -0.05) is 13.8 Å². The summed E-state index contributed by atoms with van der Waals surface area (Å²) in [7, 11) is 0. The predicted octanol–water partition coefficient (Wildman–Crippen LogP) is 2.92. The maximum Gasteiger partial charge on any atom is 0.251 e. The first-order valence-electron chi connectivity index (χ1n) is 10.2. The molecule has 0 aliphatic carbocycles. The van der Waals surface area contributed by atoms with Crippen molar-refractivity contribution in [1.29, 1.82) is 0 Å². The standard InChI is InChI=1S/C21H30N4O2S/c1-15(2)12-23-19(26)18-14-25-11-8-22-20(25)21(27-18)6-9-24(10-7-21)13-17-5-4-16(3)28-17/h4-5,8,11,15,18H,6-7,9-10,12-14H2,1-3H3,(H,23,26)/t18-/m1/s1. The van der Waals surface area contributed by atoms with Crippen LogP contribution in [-0.4, -0.2) is 46.1 Å². The van der Waals surface area contributed by atoms with Gasteiger partial charge in [-0.3, -0.25) is 9.69 Å². The molecule has 1 fully saturated rings. The minimum Gasteiger partial charge on any atom is -0.354 e. The van der Waals surface area contributed by atoms with Gasteiger partial charge in [-0.15, -0.1) is 11.3 Å². The SMILES string of the molecule is Cc1ccc(CN2CCC3(CC2)O[C@@H](C(=O)NCC(C)C)Cn2ccnc23)s1. The molecule has 2 aromatic heterocycles. The van der Waals surface area contributed by atoms with Crippen molar-refractivity contribution in [2.24, 2.45) is 5.92 Å². The van der Waals surface area contributed by atoms with Gasteiger partial charge in [0.15, 0.2) is 6.10 Å². The van der Waals surface area contributed by atoms with Crippen LogP contribution in [0.3, 0.4) is 0 Å². The number of hydrogen-bond acceptors (Lipinski definition) is 5. The van der Waals surface area contributed by atoms with E-state index in [0.717, 1.165) is 38.3 Å². The van der Waals surface area contributed by atoms with Gasteiger partial charge in [0, 0.05) is 48.3 Å². The van der Waals surface area contributed by atoms with Crippen LogP contribution in [0, 0.1) is 12.8 Å². The van der Waals surface area contributed by atoms with Gasteiger partial charge in [0.05, 0.1) is 6.54 Å². The van der Waals surface area contributed by atoms with Crippen LogP contribution in [-0.2, 0) is 28.2 Å². The van der Waals surface area contributed by atoms with E-state index in [0.29, 0.717) is 19.0 Å². The number of amides is 1. The van der Waals surface area contributed by atoms with Crippen LogP contribution < -0.4 is 5.32 Å². The van der Waals surface area contributed by atoms with Crippen LogP contribution in [0.25, 0.3) is 0 Å². The number of fused-ring (bicyclic) bond motifs is 2. The summed E-state index contributed by atoms with van der Waals surface area (Å²) in [5.41, 5.74) is -0.455. The fraction of sp³-hybridized carbons (Fsp3) is 0.619. The van der Waals surface area contributed by atoms with Crippen molar-refractivity contribution < 1.29 is 9.53 Å². The fourth-order valence-electron chi connectivity index (χ4n) is 4.16.